The van der Waals surface area contributed by atoms with Crippen LogP contribution in [-0.4, -0.2) is 52.5 Å². The molecule has 8 nitrogen and oxygen atoms in total. The van der Waals surface area contributed by atoms with E-state index in [0.29, 0.717) is 24.1 Å². The summed E-state index contributed by atoms with van der Waals surface area (Å²) < 4.78 is 0. The number of aromatic nitrogens is 2. The van der Waals surface area contributed by atoms with Crippen molar-refractivity contribution in [3.63, 3.8) is 0 Å². The van der Waals surface area contributed by atoms with Gasteiger partial charge in [0.25, 0.3) is 0 Å². The van der Waals surface area contributed by atoms with E-state index in [4.69, 9.17) is 0 Å². The van der Waals surface area contributed by atoms with Crippen LogP contribution in [0.3, 0.4) is 0 Å². The van der Waals surface area contributed by atoms with Crippen LogP contribution in [0, 0.1) is 0 Å². The summed E-state index contributed by atoms with van der Waals surface area (Å²) in [6.07, 6.45) is 4.90. The molecule has 9 heteroatoms. The third-order valence-electron chi connectivity index (χ3n) is 4.35. The Morgan fingerprint density at radius 2 is 2.04 bits per heavy atom. The molecular weight excluding hydrogens is 330 g/mol. The topological polar surface area (TPSA) is 104 Å². The molecule has 0 radical (unpaired) electrons. The van der Waals surface area contributed by atoms with Crippen molar-refractivity contribution in [3.05, 3.63) is 5.01 Å². The lowest BCUT2D eigenvalue weighted by atomic mass is 10.1. The number of hydrogen-bond donors (Lipinski definition) is 2. The number of amides is 3. The number of anilines is 1. The molecule has 1 saturated heterocycles. The number of hydrogen-bond acceptors (Lipinski definition) is 6. The van der Waals surface area contributed by atoms with E-state index in [1.807, 2.05) is 0 Å². The van der Waals surface area contributed by atoms with Gasteiger partial charge in [-0.2, -0.15) is 0 Å². The summed E-state index contributed by atoms with van der Waals surface area (Å²) in [6.45, 7) is 1.03. The molecule has 3 amide bonds. The van der Waals surface area contributed by atoms with Gasteiger partial charge in [-0.3, -0.25) is 14.4 Å². The zero-order valence-corrected chi connectivity index (χ0v) is 14.2. The molecule has 1 aliphatic heterocycles. The van der Waals surface area contributed by atoms with Gasteiger partial charge in [0.05, 0.1) is 6.54 Å². The Balaban J connectivity index is 1.43. The SMILES string of the molecule is O=C1CN(C(=O)CCC(=O)Nc2nnc(C3CCCC3)s2)CCN1. The number of carbonyl (C=O) groups is 3. The Hall–Kier alpha value is -2.03. The minimum Gasteiger partial charge on any atom is -0.353 e. The molecule has 24 heavy (non-hydrogen) atoms. The number of nitrogens with zero attached hydrogens (tertiary/aromatic N) is 3. The Morgan fingerprint density at radius 3 is 2.79 bits per heavy atom. The van der Waals surface area contributed by atoms with Gasteiger partial charge in [-0.25, -0.2) is 0 Å². The molecule has 0 aromatic carbocycles. The van der Waals surface area contributed by atoms with Gasteiger partial charge in [0.2, 0.25) is 22.9 Å². The normalized spacial score (nSPS) is 18.5. The second-order valence-corrected chi connectivity index (χ2v) is 7.15. The molecule has 0 bridgehead atoms. The molecule has 1 aromatic rings. The van der Waals surface area contributed by atoms with Crippen molar-refractivity contribution in [1.29, 1.82) is 0 Å². The van der Waals surface area contributed by atoms with E-state index in [0.717, 1.165) is 17.8 Å². The van der Waals surface area contributed by atoms with Crippen molar-refractivity contribution in [2.45, 2.75) is 44.4 Å². The van der Waals surface area contributed by atoms with Crippen LogP contribution in [0.25, 0.3) is 0 Å². The van der Waals surface area contributed by atoms with Crippen molar-refractivity contribution in [2.75, 3.05) is 25.0 Å². The molecule has 1 saturated carbocycles. The number of piperazine rings is 1. The van der Waals surface area contributed by atoms with Crippen LogP contribution in [0.4, 0.5) is 5.13 Å². The smallest absolute Gasteiger partial charge is 0.239 e. The lowest BCUT2D eigenvalue weighted by molar-refractivity contribution is -0.138. The van der Waals surface area contributed by atoms with Crippen LogP contribution in [0.5, 0.6) is 0 Å². The van der Waals surface area contributed by atoms with E-state index in [9.17, 15) is 14.4 Å². The molecule has 0 atom stereocenters. The van der Waals surface area contributed by atoms with Gasteiger partial charge in [-0.05, 0) is 12.8 Å². The molecule has 2 aliphatic rings. The fourth-order valence-electron chi connectivity index (χ4n) is 3.03. The second kappa shape index (κ2) is 7.69. The molecule has 130 valence electrons. The van der Waals surface area contributed by atoms with E-state index in [-0.39, 0.29) is 37.1 Å². The van der Waals surface area contributed by atoms with E-state index in [1.165, 1.54) is 29.1 Å². The van der Waals surface area contributed by atoms with Crippen LogP contribution >= 0.6 is 11.3 Å². The van der Waals surface area contributed by atoms with Crippen LogP contribution in [0.2, 0.25) is 0 Å². The van der Waals surface area contributed by atoms with Gasteiger partial charge in [0.15, 0.2) is 0 Å². The lowest BCUT2D eigenvalue weighted by Crippen LogP contribution is -2.50. The average Bonchev–Trinajstić information content (AvgIpc) is 3.23. The van der Waals surface area contributed by atoms with Gasteiger partial charge in [0.1, 0.15) is 5.01 Å². The van der Waals surface area contributed by atoms with E-state index in [1.54, 1.807) is 0 Å². The Bertz CT molecular complexity index is 626. The predicted molar refractivity (Wildman–Crippen MR) is 88.6 cm³/mol. The van der Waals surface area contributed by atoms with E-state index >= 15 is 0 Å². The van der Waals surface area contributed by atoms with Crippen LogP contribution in [-0.2, 0) is 14.4 Å². The van der Waals surface area contributed by atoms with Crippen LogP contribution in [0.1, 0.15) is 49.5 Å². The number of rotatable bonds is 5. The summed E-state index contributed by atoms with van der Waals surface area (Å²) in [5, 5.41) is 15.0. The number of carbonyl (C=O) groups excluding carboxylic acids is 3. The summed E-state index contributed by atoms with van der Waals surface area (Å²) >= 11 is 1.42. The molecule has 2 fully saturated rings. The quantitative estimate of drug-likeness (QED) is 0.819. The molecule has 0 spiro atoms. The standard InChI is InChI=1S/C15H21N5O3S/c21-11(5-6-13(23)20-8-7-16-12(22)9-20)17-15-19-18-14(24-15)10-3-1-2-4-10/h10H,1-9H2,(H,16,22)(H,17,19,21). The van der Waals surface area contributed by atoms with E-state index < -0.39 is 0 Å². The fraction of sp³-hybridized carbons (Fsp3) is 0.667. The first-order chi connectivity index (χ1) is 11.6. The Morgan fingerprint density at radius 1 is 1.25 bits per heavy atom. The van der Waals surface area contributed by atoms with Gasteiger partial charge in [-0.1, -0.05) is 24.2 Å². The summed E-state index contributed by atoms with van der Waals surface area (Å²) in [5.41, 5.74) is 0. The monoisotopic (exact) mass is 351 g/mol. The zero-order chi connectivity index (χ0) is 16.9. The van der Waals surface area contributed by atoms with Crippen LogP contribution < -0.4 is 10.6 Å². The second-order valence-electron chi connectivity index (χ2n) is 6.14. The zero-order valence-electron chi connectivity index (χ0n) is 13.4. The molecule has 2 N–H and O–H groups in total. The summed E-state index contributed by atoms with van der Waals surface area (Å²) in [4.78, 5) is 36.7. The van der Waals surface area contributed by atoms with Gasteiger partial charge in [-0.15, -0.1) is 10.2 Å². The minimum absolute atomic E-state index is 0.0710. The van der Waals surface area contributed by atoms with Gasteiger partial charge >= 0.3 is 0 Å². The molecule has 1 aromatic heterocycles. The average molecular weight is 351 g/mol. The summed E-state index contributed by atoms with van der Waals surface area (Å²) in [7, 11) is 0. The number of nitrogens with one attached hydrogen (secondary N) is 2. The molecule has 3 rings (SSSR count). The largest absolute Gasteiger partial charge is 0.353 e. The van der Waals surface area contributed by atoms with Crippen molar-refractivity contribution in [3.8, 4) is 0 Å². The lowest BCUT2D eigenvalue weighted by Gasteiger charge is -2.26. The van der Waals surface area contributed by atoms with Crippen molar-refractivity contribution in [1.82, 2.24) is 20.4 Å². The first-order valence-corrected chi connectivity index (χ1v) is 9.11. The molecule has 0 unspecified atom stereocenters. The summed E-state index contributed by atoms with van der Waals surface area (Å²) in [6, 6.07) is 0. The summed E-state index contributed by atoms with van der Waals surface area (Å²) in [5.74, 6) is -0.116. The third-order valence-corrected chi connectivity index (χ3v) is 5.35. The molecular formula is C15H21N5O3S. The third kappa shape index (κ3) is 4.28. The van der Waals surface area contributed by atoms with Crippen molar-refractivity contribution in [2.24, 2.45) is 0 Å². The predicted octanol–water partition coefficient (Wildman–Crippen LogP) is 0.873. The fourth-order valence-corrected chi connectivity index (χ4v) is 3.96. The van der Waals surface area contributed by atoms with Gasteiger partial charge in [0, 0.05) is 31.8 Å². The first-order valence-electron chi connectivity index (χ1n) is 8.29. The van der Waals surface area contributed by atoms with Crippen molar-refractivity contribution >= 4 is 34.2 Å². The van der Waals surface area contributed by atoms with Crippen LogP contribution in [0.15, 0.2) is 0 Å². The highest BCUT2D eigenvalue weighted by atomic mass is 32.1. The Kier molecular flexibility index (Phi) is 5.39. The first kappa shape index (κ1) is 16.8. The Labute approximate surface area is 144 Å². The maximum absolute atomic E-state index is 12.0. The highest BCUT2D eigenvalue weighted by Crippen LogP contribution is 2.36. The minimum atomic E-state index is -0.251. The van der Waals surface area contributed by atoms with E-state index in [2.05, 4.69) is 20.8 Å². The molecule has 2 heterocycles. The van der Waals surface area contributed by atoms with Gasteiger partial charge < -0.3 is 15.5 Å². The maximum Gasteiger partial charge on any atom is 0.239 e. The molecule has 1 aliphatic carbocycles. The highest BCUT2D eigenvalue weighted by Gasteiger charge is 2.23. The highest BCUT2D eigenvalue weighted by molar-refractivity contribution is 7.15. The van der Waals surface area contributed by atoms with Crippen molar-refractivity contribution < 1.29 is 14.4 Å². The maximum atomic E-state index is 12.0.